The minimum atomic E-state index is -0.676. The van der Waals surface area contributed by atoms with Gasteiger partial charge < -0.3 is 14.6 Å². The highest BCUT2D eigenvalue weighted by molar-refractivity contribution is 5.73. The van der Waals surface area contributed by atoms with Crippen LogP contribution >= 0.6 is 0 Å². The molecule has 6 nitrogen and oxygen atoms in total. The van der Waals surface area contributed by atoms with Gasteiger partial charge in [0.1, 0.15) is 41.8 Å². The summed E-state index contributed by atoms with van der Waals surface area (Å²) in [4.78, 5) is 0. The average Bonchev–Trinajstić information content (AvgIpc) is 2.86. The molecule has 24 heavy (non-hydrogen) atoms. The predicted molar refractivity (Wildman–Crippen MR) is 92.0 cm³/mol. The van der Waals surface area contributed by atoms with E-state index < -0.39 is 6.10 Å². The number of ether oxygens (including phenoxy) is 2. The molecule has 1 aromatic heterocycles. The van der Waals surface area contributed by atoms with Gasteiger partial charge in [-0.1, -0.05) is 12.1 Å². The average molecular weight is 328 g/mol. The summed E-state index contributed by atoms with van der Waals surface area (Å²) < 4.78 is 14.5. The van der Waals surface area contributed by atoms with Gasteiger partial charge in [0.25, 0.3) is 0 Å². The molecule has 0 fully saturated rings. The van der Waals surface area contributed by atoms with Crippen LogP contribution in [-0.2, 0) is 13.6 Å². The van der Waals surface area contributed by atoms with Crippen LogP contribution < -0.4 is 19.8 Å². The molecule has 0 spiro atoms. The molecule has 1 heterocycles. The lowest BCUT2D eigenvalue weighted by Crippen LogP contribution is -2.32. The van der Waals surface area contributed by atoms with E-state index in [1.54, 1.807) is 7.11 Å². The van der Waals surface area contributed by atoms with E-state index in [2.05, 4.69) is 0 Å². The standard InChI is InChI=1S/C18H21N3O3/c1-20-16-5-3-4-6-17(16)21(18(20)19)11-13(22)12-24-15-9-7-14(23-2)8-10-15/h3-10,13,19,22H,11-12H2,1-2H3/p+1. The zero-order valence-corrected chi connectivity index (χ0v) is 13.8. The Morgan fingerprint density at radius 2 is 1.79 bits per heavy atom. The quantitative estimate of drug-likeness (QED) is 0.673. The summed E-state index contributed by atoms with van der Waals surface area (Å²) in [5, 5.41) is 10.3. The topological polar surface area (TPSA) is 73.5 Å². The largest absolute Gasteiger partial charge is 0.497 e. The molecule has 3 N–H and O–H groups in total. The lowest BCUT2D eigenvalue weighted by atomic mass is 10.3. The third kappa shape index (κ3) is 3.14. The number of hydrogen-bond donors (Lipinski definition) is 2. The number of hydrogen-bond acceptors (Lipinski definition) is 4. The van der Waals surface area contributed by atoms with E-state index in [-0.39, 0.29) is 6.61 Å². The Morgan fingerprint density at radius 1 is 1.12 bits per heavy atom. The maximum Gasteiger partial charge on any atom is 0.355 e. The second kappa shape index (κ2) is 6.80. The zero-order chi connectivity index (χ0) is 17.1. The van der Waals surface area contributed by atoms with Gasteiger partial charge in [0.2, 0.25) is 0 Å². The Balaban J connectivity index is 1.68. The van der Waals surface area contributed by atoms with Gasteiger partial charge >= 0.3 is 5.95 Å². The molecule has 2 aromatic carbocycles. The van der Waals surface area contributed by atoms with Crippen LogP contribution in [0, 0.1) is 0 Å². The van der Waals surface area contributed by atoms with Crippen LogP contribution in [0.1, 0.15) is 0 Å². The van der Waals surface area contributed by atoms with E-state index in [1.807, 2.05) is 64.7 Å². The van der Waals surface area contributed by atoms with Crippen LogP contribution in [0.5, 0.6) is 11.5 Å². The third-order valence-electron chi connectivity index (χ3n) is 4.05. The highest BCUT2D eigenvalue weighted by atomic mass is 16.5. The molecule has 0 saturated heterocycles. The minimum Gasteiger partial charge on any atom is -0.497 e. The van der Waals surface area contributed by atoms with Crippen molar-refractivity contribution in [2.45, 2.75) is 12.6 Å². The second-order valence-corrected chi connectivity index (χ2v) is 5.66. The number of benzene rings is 2. The molecule has 0 aliphatic carbocycles. The number of nitrogen functional groups attached to an aromatic ring is 1. The third-order valence-corrected chi connectivity index (χ3v) is 4.05. The Hall–Kier alpha value is -2.73. The van der Waals surface area contributed by atoms with Crippen LogP contribution in [0.2, 0.25) is 0 Å². The molecular formula is C18H22N3O3+. The van der Waals surface area contributed by atoms with Gasteiger partial charge in [0, 0.05) is 0 Å². The monoisotopic (exact) mass is 328 g/mol. The van der Waals surface area contributed by atoms with Gasteiger partial charge in [0.15, 0.2) is 0 Å². The number of methoxy groups -OCH3 is 1. The molecule has 3 rings (SSSR count). The van der Waals surface area contributed by atoms with E-state index >= 15 is 0 Å². The highest BCUT2D eigenvalue weighted by Crippen LogP contribution is 2.18. The van der Waals surface area contributed by atoms with E-state index in [4.69, 9.17) is 15.2 Å². The molecule has 1 atom stereocenters. The summed E-state index contributed by atoms with van der Waals surface area (Å²) >= 11 is 0. The van der Waals surface area contributed by atoms with Crippen LogP contribution in [0.4, 0.5) is 5.95 Å². The first-order chi connectivity index (χ1) is 11.6. The summed E-state index contributed by atoms with van der Waals surface area (Å²) in [7, 11) is 3.53. The first-order valence-electron chi connectivity index (χ1n) is 7.78. The van der Waals surface area contributed by atoms with Gasteiger partial charge in [0.05, 0.1) is 14.2 Å². The maximum atomic E-state index is 10.3. The first kappa shape index (κ1) is 16.1. The number of aromatic nitrogens is 2. The number of fused-ring (bicyclic) bond motifs is 1. The van der Waals surface area contributed by atoms with Crippen molar-refractivity contribution < 1.29 is 19.1 Å². The molecule has 0 bridgehead atoms. The molecule has 0 aliphatic heterocycles. The minimum absolute atomic E-state index is 0.183. The van der Waals surface area contributed by atoms with Gasteiger partial charge in [-0.15, -0.1) is 0 Å². The molecule has 0 saturated carbocycles. The molecular weight excluding hydrogens is 306 g/mol. The van der Waals surface area contributed by atoms with Gasteiger partial charge in [-0.3, -0.25) is 5.73 Å². The molecule has 0 radical (unpaired) electrons. The van der Waals surface area contributed by atoms with Gasteiger partial charge in [-0.05, 0) is 36.4 Å². The van der Waals surface area contributed by atoms with Crippen LogP contribution in [0.15, 0.2) is 48.5 Å². The summed E-state index contributed by atoms with van der Waals surface area (Å²) in [5.74, 6) is 2.05. The SMILES string of the molecule is COc1ccc(OCC(O)Cn2c(N)[n+](C)c3ccccc32)cc1. The normalized spacial score (nSPS) is 12.3. The molecule has 3 aromatic rings. The van der Waals surface area contributed by atoms with Crippen molar-refractivity contribution in [1.29, 1.82) is 0 Å². The van der Waals surface area contributed by atoms with Gasteiger partial charge in [-0.2, -0.15) is 0 Å². The first-order valence-corrected chi connectivity index (χ1v) is 7.78. The van der Waals surface area contributed by atoms with E-state index in [9.17, 15) is 5.11 Å². The van der Waals surface area contributed by atoms with Crippen molar-refractivity contribution in [2.24, 2.45) is 7.05 Å². The maximum absolute atomic E-state index is 10.3. The number of nitrogens with two attached hydrogens (primary N) is 1. The molecule has 0 aliphatic rings. The fourth-order valence-corrected chi connectivity index (χ4v) is 2.72. The number of aliphatic hydroxyl groups excluding tert-OH is 1. The summed E-state index contributed by atoms with van der Waals surface area (Å²) in [6, 6.07) is 15.2. The number of aryl methyl sites for hydroxylation is 1. The van der Waals surface area contributed by atoms with Crippen molar-refractivity contribution >= 4 is 17.0 Å². The zero-order valence-electron chi connectivity index (χ0n) is 13.8. The lowest BCUT2D eigenvalue weighted by molar-refractivity contribution is -0.630. The Morgan fingerprint density at radius 3 is 2.50 bits per heavy atom. The predicted octanol–water partition coefficient (Wildman–Crippen LogP) is 1.50. The van der Waals surface area contributed by atoms with Crippen LogP contribution in [-0.4, -0.2) is 29.5 Å². The van der Waals surface area contributed by atoms with Crippen LogP contribution in [0.25, 0.3) is 11.0 Å². The smallest absolute Gasteiger partial charge is 0.355 e. The van der Waals surface area contributed by atoms with Crippen LogP contribution in [0.3, 0.4) is 0 Å². The number of rotatable bonds is 6. The Labute approximate surface area is 140 Å². The number of aliphatic hydroxyl groups is 1. The summed E-state index contributed by atoms with van der Waals surface area (Å²) in [6.45, 7) is 0.547. The van der Waals surface area contributed by atoms with E-state index in [1.165, 1.54) is 0 Å². The summed E-state index contributed by atoms with van der Waals surface area (Å²) in [5.41, 5.74) is 8.18. The molecule has 126 valence electrons. The van der Waals surface area contributed by atoms with E-state index in [0.717, 1.165) is 16.8 Å². The number of imidazole rings is 1. The highest BCUT2D eigenvalue weighted by Gasteiger charge is 2.20. The van der Waals surface area contributed by atoms with Crippen molar-refractivity contribution in [2.75, 3.05) is 19.5 Å². The fraction of sp³-hybridized carbons (Fsp3) is 0.278. The van der Waals surface area contributed by atoms with Gasteiger partial charge in [-0.25, -0.2) is 9.13 Å². The van der Waals surface area contributed by atoms with E-state index in [0.29, 0.717) is 18.2 Å². The Bertz CT molecular complexity index is 827. The van der Waals surface area contributed by atoms with Crippen molar-refractivity contribution in [3.63, 3.8) is 0 Å². The Kier molecular flexibility index (Phi) is 4.57. The number of nitrogens with zero attached hydrogens (tertiary/aromatic N) is 2. The number of anilines is 1. The lowest BCUT2D eigenvalue weighted by Gasteiger charge is -2.12. The fourth-order valence-electron chi connectivity index (χ4n) is 2.72. The van der Waals surface area contributed by atoms with Crippen molar-refractivity contribution in [1.82, 2.24) is 4.57 Å². The van der Waals surface area contributed by atoms with Crippen molar-refractivity contribution in [3.05, 3.63) is 48.5 Å². The second-order valence-electron chi connectivity index (χ2n) is 5.66. The molecule has 1 unspecified atom stereocenters. The molecule has 6 heteroatoms. The summed E-state index contributed by atoms with van der Waals surface area (Å²) in [6.07, 6.45) is -0.676. The number of para-hydroxylation sites is 2. The van der Waals surface area contributed by atoms with Crippen molar-refractivity contribution in [3.8, 4) is 11.5 Å². The molecule has 0 amide bonds.